The number of nitrogens with one attached hydrogen (secondary N) is 2. The molecule has 4 saturated heterocycles. The van der Waals surface area contributed by atoms with E-state index < -0.39 is 109 Å². The Morgan fingerprint density at radius 3 is 2.13 bits per heavy atom. The van der Waals surface area contributed by atoms with Gasteiger partial charge < -0.3 is 48.6 Å². The van der Waals surface area contributed by atoms with Crippen LogP contribution >= 0.6 is 11.8 Å². The van der Waals surface area contributed by atoms with Gasteiger partial charge in [0.15, 0.2) is 34.6 Å². The van der Waals surface area contributed by atoms with Crippen LogP contribution in [0.25, 0.3) is 0 Å². The number of allylic oxidation sites excluding steroid dienone is 1. The second kappa shape index (κ2) is 14.1. The average molecular weight is 807 g/mol. The van der Waals surface area contributed by atoms with Gasteiger partial charge in [-0.15, -0.1) is 11.8 Å². The number of sulfone groups is 1. The second-order valence-corrected chi connectivity index (χ2v) is 18.7. The number of nitrogens with zero attached hydrogens (tertiary/aromatic N) is 2. The number of carbonyl (C=O) groups excluding carboxylic acids is 6. The number of aromatic hydroxyl groups is 1. The smallest absolute Gasteiger partial charge is 0.508 e. The molecule has 6 rings (SSSR count). The van der Waals surface area contributed by atoms with Gasteiger partial charge in [-0.3, -0.25) is 14.4 Å². The number of phenols is 1. The van der Waals surface area contributed by atoms with E-state index in [1.165, 1.54) is 61.9 Å². The van der Waals surface area contributed by atoms with Crippen molar-refractivity contribution in [1.82, 2.24) is 20.4 Å². The lowest BCUT2D eigenvalue weighted by molar-refractivity contribution is -0.165. The Kier molecular flexibility index (Phi) is 10.1. The summed E-state index contributed by atoms with van der Waals surface area (Å²) in [6.45, 7) is 6.20. The molecule has 3 amide bonds. The van der Waals surface area contributed by atoms with Crippen molar-refractivity contribution in [2.75, 3.05) is 7.11 Å². The number of rotatable bonds is 12. The van der Waals surface area contributed by atoms with Gasteiger partial charge >= 0.3 is 23.7 Å². The highest BCUT2D eigenvalue weighted by atomic mass is 32.2. The minimum absolute atomic E-state index is 0.0433. The summed E-state index contributed by atoms with van der Waals surface area (Å²) >= 11 is 1.24. The molecule has 0 aliphatic carbocycles. The number of hydrogen-bond acceptors (Lipinski definition) is 17. The molecule has 4 aliphatic heterocycles. The number of ether oxygens (including phenoxy) is 3. The molecule has 2 unspecified atom stereocenters. The number of hydrogen-bond donors (Lipinski definition) is 3. The number of thioether (sulfide) groups is 1. The van der Waals surface area contributed by atoms with Crippen molar-refractivity contribution in [1.29, 1.82) is 0 Å². The Labute approximate surface area is 317 Å². The van der Waals surface area contributed by atoms with E-state index in [0.717, 1.165) is 11.0 Å². The maximum absolute atomic E-state index is 13.6. The molecule has 0 radical (unpaired) electrons. The van der Waals surface area contributed by atoms with Crippen molar-refractivity contribution in [2.45, 2.75) is 98.7 Å². The van der Waals surface area contributed by atoms with Crippen LogP contribution in [0.2, 0.25) is 0 Å². The lowest BCUT2D eigenvalue weighted by Crippen LogP contribution is -2.71. The summed E-state index contributed by atoms with van der Waals surface area (Å²) in [7, 11) is -2.68. The summed E-state index contributed by atoms with van der Waals surface area (Å²) in [4.78, 5) is 92.0. The van der Waals surface area contributed by atoms with Crippen LogP contribution in [-0.4, -0.2) is 104 Å². The van der Waals surface area contributed by atoms with Crippen LogP contribution in [0.5, 0.6) is 5.75 Å². The fourth-order valence-corrected chi connectivity index (χ4v) is 10.8. The summed E-state index contributed by atoms with van der Waals surface area (Å²) < 4.78 is 48.5. The molecule has 0 bridgehead atoms. The molecule has 19 nitrogen and oxygen atoms in total. The van der Waals surface area contributed by atoms with Crippen LogP contribution in [0.4, 0.5) is 0 Å². The minimum Gasteiger partial charge on any atom is -0.508 e. The van der Waals surface area contributed by atoms with Gasteiger partial charge in [-0.2, -0.15) is 0 Å². The molecule has 0 saturated carbocycles. The third-order valence-corrected chi connectivity index (χ3v) is 14.3. The van der Waals surface area contributed by atoms with E-state index in [1.54, 1.807) is 20.8 Å². The predicted molar refractivity (Wildman–Crippen MR) is 187 cm³/mol. The van der Waals surface area contributed by atoms with Crippen molar-refractivity contribution in [2.24, 2.45) is 0 Å². The summed E-state index contributed by atoms with van der Waals surface area (Å²) in [6.07, 6.45) is 0.899. The largest absolute Gasteiger partial charge is 0.519 e. The molecule has 1 aromatic heterocycles. The average Bonchev–Trinajstić information content (AvgIpc) is 3.64. The summed E-state index contributed by atoms with van der Waals surface area (Å²) in [5.41, 5.74) is 0.692. The number of methoxy groups -OCH3 is 1. The van der Waals surface area contributed by atoms with Gasteiger partial charge in [0.05, 0.1) is 18.3 Å². The second-order valence-electron chi connectivity index (χ2n) is 14.3. The standard InChI is InChI=1S/C34H38N4O15S2/c1-15(11-22(41)49-6)35-23(16-7-9-17(39)10-8-16)27(42)36-24-28(43)38-25(33(2,3)54-29(24)38)30(44)50-13-18-19(53-32(46)52-18)14-51-31(45)26-34(4,5)55(47,48)21-12-20(40)37(21)26/h7-11,21,23-26,29,35,39H,12-14H2,1-6H3,(H,36,42)/b15-11+/t21-,23?,24?,25+,26+,29-/m1/s1. The number of esters is 3. The van der Waals surface area contributed by atoms with E-state index in [9.17, 15) is 47.1 Å². The normalized spacial score (nSPS) is 26.1. The van der Waals surface area contributed by atoms with Crippen LogP contribution in [0.1, 0.15) is 64.2 Å². The molecule has 21 heteroatoms. The maximum atomic E-state index is 13.6. The highest BCUT2D eigenvalue weighted by molar-refractivity contribution is 8.01. The maximum Gasteiger partial charge on any atom is 0.519 e. The van der Waals surface area contributed by atoms with E-state index in [-0.39, 0.29) is 29.4 Å². The molecule has 5 heterocycles. The van der Waals surface area contributed by atoms with Crippen LogP contribution in [0.15, 0.2) is 49.7 Å². The first-order chi connectivity index (χ1) is 25.7. The molecule has 4 fully saturated rings. The molecule has 0 spiro atoms. The van der Waals surface area contributed by atoms with E-state index in [2.05, 4.69) is 15.4 Å². The highest BCUT2D eigenvalue weighted by Crippen LogP contribution is 2.51. The molecular weight excluding hydrogens is 769 g/mol. The molecule has 2 aromatic rings. The van der Waals surface area contributed by atoms with Crippen LogP contribution in [0.3, 0.4) is 0 Å². The summed E-state index contributed by atoms with van der Waals surface area (Å²) in [5, 5.41) is 13.6. The first kappa shape index (κ1) is 39.4. The van der Waals surface area contributed by atoms with Crippen molar-refractivity contribution in [3.63, 3.8) is 0 Å². The van der Waals surface area contributed by atoms with E-state index in [0.29, 0.717) is 5.56 Å². The van der Waals surface area contributed by atoms with Gasteiger partial charge in [0.2, 0.25) is 17.7 Å². The number of fused-ring (bicyclic) bond motifs is 2. The number of amides is 3. The van der Waals surface area contributed by atoms with Gasteiger partial charge in [-0.05, 0) is 52.3 Å². The van der Waals surface area contributed by atoms with E-state index in [1.807, 2.05) is 0 Å². The first-order valence-corrected chi connectivity index (χ1v) is 19.2. The third-order valence-electron chi connectivity index (χ3n) is 9.97. The quantitative estimate of drug-likeness (QED) is 0.111. The van der Waals surface area contributed by atoms with Gasteiger partial charge in [-0.25, -0.2) is 27.6 Å². The number of benzene rings is 1. The Morgan fingerprint density at radius 1 is 0.982 bits per heavy atom. The summed E-state index contributed by atoms with van der Waals surface area (Å²) in [6, 6.07) is 1.01. The minimum atomic E-state index is -3.88. The topological polar surface area (TPSA) is 258 Å². The molecule has 4 aliphatic rings. The van der Waals surface area contributed by atoms with Gasteiger partial charge in [0, 0.05) is 16.5 Å². The Balaban J connectivity index is 1.10. The Morgan fingerprint density at radius 2 is 1.56 bits per heavy atom. The number of β-lactam (4-membered cyclic amide) rings is 2. The van der Waals surface area contributed by atoms with Crippen molar-refractivity contribution >= 4 is 57.2 Å². The zero-order valence-electron chi connectivity index (χ0n) is 30.3. The van der Waals surface area contributed by atoms with Gasteiger partial charge in [0.25, 0.3) is 0 Å². The first-order valence-electron chi connectivity index (χ1n) is 16.8. The predicted octanol–water partition coefficient (Wildman–Crippen LogP) is 0.114. The zero-order chi connectivity index (χ0) is 40.4. The molecule has 1 aromatic carbocycles. The SMILES string of the molecule is COC(=O)/C=C(\C)NC(C(=O)NC1C(=O)N2[C@@H]1SC(C)(C)[C@@H]2C(=O)OCc1oc(=O)oc1COC(=O)[C@@H]1N2C(=O)C[C@H]2S(=O)(=O)C1(C)C)c1ccc(O)cc1. The lowest BCUT2D eigenvalue weighted by atomic mass is 9.95. The van der Waals surface area contributed by atoms with E-state index in [4.69, 9.17) is 18.3 Å². The van der Waals surface area contributed by atoms with Crippen molar-refractivity contribution in [3.8, 4) is 5.75 Å². The molecular formula is C34H38N4O15S2. The molecule has 55 heavy (non-hydrogen) atoms. The van der Waals surface area contributed by atoms with Crippen molar-refractivity contribution < 1.29 is 65.3 Å². The number of carbonyl (C=O) groups is 6. The molecule has 6 atom stereocenters. The Hall–Kier alpha value is -5.31. The summed E-state index contributed by atoms with van der Waals surface area (Å²) in [5.74, 6) is -6.22. The highest BCUT2D eigenvalue weighted by Gasteiger charge is 2.68. The third kappa shape index (κ3) is 6.83. The monoisotopic (exact) mass is 806 g/mol. The Bertz CT molecular complexity index is 2160. The molecule has 3 N–H and O–H groups in total. The van der Waals surface area contributed by atoms with Crippen LogP contribution < -0.4 is 16.5 Å². The van der Waals surface area contributed by atoms with Crippen LogP contribution in [0, 0.1) is 0 Å². The number of phenolic OH excluding ortho intramolecular Hbond substituents is 1. The van der Waals surface area contributed by atoms with Gasteiger partial charge in [0.1, 0.15) is 40.7 Å². The van der Waals surface area contributed by atoms with Crippen LogP contribution in [-0.2, 0) is 66.0 Å². The van der Waals surface area contributed by atoms with E-state index >= 15 is 0 Å². The van der Waals surface area contributed by atoms with Gasteiger partial charge in [-0.1, -0.05) is 12.1 Å². The fourth-order valence-electron chi connectivity index (χ4n) is 7.03. The fraction of sp³-hybridized carbons (Fsp3) is 0.500. The zero-order valence-corrected chi connectivity index (χ0v) is 32.0. The lowest BCUT2D eigenvalue weighted by Gasteiger charge is -2.44. The molecule has 296 valence electrons. The van der Waals surface area contributed by atoms with Crippen molar-refractivity contribution in [3.05, 3.63) is 63.7 Å².